The molecule has 1 saturated heterocycles. The van der Waals surface area contributed by atoms with E-state index in [-0.39, 0.29) is 11.9 Å². The van der Waals surface area contributed by atoms with E-state index in [9.17, 15) is 4.79 Å². The Hall–Kier alpha value is -1.06. The molecule has 0 aliphatic carbocycles. The van der Waals surface area contributed by atoms with Crippen molar-refractivity contribution in [2.45, 2.75) is 44.6 Å². The van der Waals surface area contributed by atoms with Crippen LogP contribution in [-0.4, -0.2) is 25.1 Å². The normalized spacial score (nSPS) is 20.8. The van der Waals surface area contributed by atoms with Gasteiger partial charge in [0.25, 0.3) is 0 Å². The summed E-state index contributed by atoms with van der Waals surface area (Å²) in [7, 11) is 0. The molecule has 1 aromatic rings. The molecule has 0 bridgehead atoms. The second-order valence-corrected chi connectivity index (χ2v) is 5.98. The van der Waals surface area contributed by atoms with E-state index in [4.69, 9.17) is 21.1 Å². The fraction of sp³-hybridized carbons (Fsp3) is 0.562. The number of rotatable bonds is 5. The average molecular weight is 295 g/mol. The molecule has 1 atom stereocenters. The van der Waals surface area contributed by atoms with Crippen molar-refractivity contribution < 1.29 is 14.3 Å². The number of carbonyl (C=O) groups excluding carboxylic acids is 1. The molecule has 108 valence electrons. The van der Waals surface area contributed by atoms with Crippen molar-refractivity contribution in [3.05, 3.63) is 28.3 Å². The minimum absolute atomic E-state index is 0.237. The van der Waals surface area contributed by atoms with Gasteiger partial charge in [-0.3, -0.25) is 4.79 Å². The van der Waals surface area contributed by atoms with Gasteiger partial charge in [0.1, 0.15) is 11.5 Å². The van der Waals surface area contributed by atoms with E-state index in [0.717, 1.165) is 49.2 Å². The second kappa shape index (κ2) is 6.15. The highest BCUT2D eigenvalue weighted by atomic mass is 35.5. The largest absolute Gasteiger partial charge is 0.493 e. The molecule has 1 fully saturated rings. The molecule has 0 N–H and O–H groups in total. The number of Topliss-reactive ketones (excluding diaryl/α,β-unsaturated/α-hetero) is 1. The Kier molecular flexibility index (Phi) is 4.27. The van der Waals surface area contributed by atoms with E-state index in [2.05, 4.69) is 0 Å². The molecule has 3 nitrogen and oxygen atoms in total. The third-order valence-electron chi connectivity index (χ3n) is 3.98. The predicted molar refractivity (Wildman–Crippen MR) is 77.6 cm³/mol. The highest BCUT2D eigenvalue weighted by Gasteiger charge is 2.21. The first-order valence-electron chi connectivity index (χ1n) is 7.30. The Balaban J connectivity index is 1.61. The average Bonchev–Trinajstić information content (AvgIpc) is 3.06. The smallest absolute Gasteiger partial charge is 0.137 e. The van der Waals surface area contributed by atoms with Gasteiger partial charge in [0.15, 0.2) is 0 Å². The SMILES string of the molecule is O=C(CCC1CCCO1)Cc1cc(Cl)cc2c1OCC2. The van der Waals surface area contributed by atoms with Gasteiger partial charge in [-0.1, -0.05) is 11.6 Å². The summed E-state index contributed by atoms with van der Waals surface area (Å²) in [6.07, 6.45) is 5.19. The number of carbonyl (C=O) groups is 1. The van der Waals surface area contributed by atoms with Gasteiger partial charge in [-0.2, -0.15) is 0 Å². The number of hydrogen-bond donors (Lipinski definition) is 0. The molecule has 20 heavy (non-hydrogen) atoms. The van der Waals surface area contributed by atoms with Gasteiger partial charge in [-0.05, 0) is 37.0 Å². The third-order valence-corrected chi connectivity index (χ3v) is 4.20. The monoisotopic (exact) mass is 294 g/mol. The Morgan fingerprint density at radius 1 is 1.35 bits per heavy atom. The van der Waals surface area contributed by atoms with Crippen LogP contribution in [0.1, 0.15) is 36.8 Å². The maximum absolute atomic E-state index is 12.1. The second-order valence-electron chi connectivity index (χ2n) is 5.54. The van der Waals surface area contributed by atoms with Crippen LogP contribution in [0.3, 0.4) is 0 Å². The lowest BCUT2D eigenvalue weighted by Gasteiger charge is -2.10. The van der Waals surface area contributed by atoms with Crippen LogP contribution in [0.5, 0.6) is 5.75 Å². The molecule has 2 aliphatic heterocycles. The van der Waals surface area contributed by atoms with Gasteiger partial charge in [-0.25, -0.2) is 0 Å². The summed E-state index contributed by atoms with van der Waals surface area (Å²) >= 11 is 6.11. The van der Waals surface area contributed by atoms with Crippen LogP contribution in [0.2, 0.25) is 5.02 Å². The van der Waals surface area contributed by atoms with Gasteiger partial charge in [0.05, 0.1) is 12.7 Å². The van der Waals surface area contributed by atoms with Crippen molar-refractivity contribution in [1.29, 1.82) is 0 Å². The maximum Gasteiger partial charge on any atom is 0.137 e. The fourth-order valence-corrected chi connectivity index (χ4v) is 3.24. The van der Waals surface area contributed by atoms with E-state index in [0.29, 0.717) is 24.5 Å². The van der Waals surface area contributed by atoms with Crippen LogP contribution < -0.4 is 4.74 Å². The molecule has 0 saturated carbocycles. The summed E-state index contributed by atoms with van der Waals surface area (Å²) in [5, 5.41) is 0.691. The molecule has 1 unspecified atom stereocenters. The molecule has 0 spiro atoms. The first-order chi connectivity index (χ1) is 9.72. The number of benzene rings is 1. The van der Waals surface area contributed by atoms with Crippen molar-refractivity contribution >= 4 is 17.4 Å². The van der Waals surface area contributed by atoms with Crippen LogP contribution in [0.4, 0.5) is 0 Å². The quantitative estimate of drug-likeness (QED) is 0.835. The molecule has 0 aromatic heterocycles. The van der Waals surface area contributed by atoms with Gasteiger partial charge in [-0.15, -0.1) is 0 Å². The first kappa shape index (κ1) is 13.9. The molecule has 2 aliphatic rings. The molecule has 0 amide bonds. The third kappa shape index (κ3) is 3.15. The van der Waals surface area contributed by atoms with E-state index in [1.165, 1.54) is 0 Å². The zero-order valence-electron chi connectivity index (χ0n) is 11.5. The number of ketones is 1. The van der Waals surface area contributed by atoms with Crippen molar-refractivity contribution in [3.8, 4) is 5.75 Å². The van der Waals surface area contributed by atoms with E-state index in [1.54, 1.807) is 0 Å². The standard InChI is InChI=1S/C16H19ClO3/c17-13-8-11-5-7-20-16(11)12(9-13)10-14(18)3-4-15-2-1-6-19-15/h8-9,15H,1-7,10H2. The van der Waals surface area contributed by atoms with Gasteiger partial charge < -0.3 is 9.47 Å². The summed E-state index contributed by atoms with van der Waals surface area (Å²) in [5.74, 6) is 1.11. The van der Waals surface area contributed by atoms with Crippen molar-refractivity contribution in [2.24, 2.45) is 0 Å². The number of halogens is 1. The topological polar surface area (TPSA) is 35.5 Å². The molecule has 3 rings (SSSR count). The van der Waals surface area contributed by atoms with Crippen molar-refractivity contribution in [2.75, 3.05) is 13.2 Å². The zero-order valence-corrected chi connectivity index (χ0v) is 12.2. The lowest BCUT2D eigenvalue weighted by atomic mass is 10.00. The van der Waals surface area contributed by atoms with Crippen LogP contribution in [0.25, 0.3) is 0 Å². The van der Waals surface area contributed by atoms with Gasteiger partial charge in [0, 0.05) is 36.5 Å². The zero-order chi connectivity index (χ0) is 13.9. The molecule has 2 heterocycles. The highest BCUT2D eigenvalue weighted by Crippen LogP contribution is 2.33. The van der Waals surface area contributed by atoms with Crippen LogP contribution >= 0.6 is 11.6 Å². The summed E-state index contributed by atoms with van der Waals surface area (Å²) < 4.78 is 11.2. The lowest BCUT2D eigenvalue weighted by Crippen LogP contribution is -2.10. The number of hydrogen-bond acceptors (Lipinski definition) is 3. The Labute approximate surface area is 124 Å². The summed E-state index contributed by atoms with van der Waals surface area (Å²) in [6, 6.07) is 3.79. The molecule has 1 aromatic carbocycles. The Bertz CT molecular complexity index is 507. The maximum atomic E-state index is 12.1. The predicted octanol–water partition coefficient (Wildman–Crippen LogP) is 3.35. The van der Waals surface area contributed by atoms with Crippen LogP contribution in [0, 0.1) is 0 Å². The van der Waals surface area contributed by atoms with Crippen LogP contribution in [-0.2, 0) is 22.4 Å². The van der Waals surface area contributed by atoms with Crippen LogP contribution in [0.15, 0.2) is 12.1 Å². The number of fused-ring (bicyclic) bond motifs is 1. The fourth-order valence-electron chi connectivity index (χ4n) is 2.97. The van der Waals surface area contributed by atoms with E-state index >= 15 is 0 Å². The first-order valence-corrected chi connectivity index (χ1v) is 7.67. The van der Waals surface area contributed by atoms with E-state index < -0.39 is 0 Å². The molecular formula is C16H19ClO3. The highest BCUT2D eigenvalue weighted by molar-refractivity contribution is 6.30. The molecular weight excluding hydrogens is 276 g/mol. The molecule has 0 radical (unpaired) electrons. The minimum atomic E-state index is 0.237. The van der Waals surface area contributed by atoms with Crippen molar-refractivity contribution in [3.63, 3.8) is 0 Å². The summed E-state index contributed by atoms with van der Waals surface area (Å²) in [5.41, 5.74) is 2.06. The lowest BCUT2D eigenvalue weighted by molar-refractivity contribution is -0.119. The Morgan fingerprint density at radius 3 is 3.05 bits per heavy atom. The number of ether oxygens (including phenoxy) is 2. The minimum Gasteiger partial charge on any atom is -0.493 e. The van der Waals surface area contributed by atoms with Gasteiger partial charge >= 0.3 is 0 Å². The Morgan fingerprint density at radius 2 is 2.25 bits per heavy atom. The molecule has 4 heteroatoms. The summed E-state index contributed by atoms with van der Waals surface area (Å²) in [4.78, 5) is 12.1. The van der Waals surface area contributed by atoms with Crippen molar-refractivity contribution in [1.82, 2.24) is 0 Å². The van der Waals surface area contributed by atoms with Gasteiger partial charge in [0.2, 0.25) is 0 Å². The summed E-state index contributed by atoms with van der Waals surface area (Å²) in [6.45, 7) is 1.53. The van der Waals surface area contributed by atoms with E-state index in [1.807, 2.05) is 12.1 Å².